The van der Waals surface area contributed by atoms with Crippen LogP contribution in [0.4, 0.5) is 4.39 Å². The van der Waals surface area contributed by atoms with Gasteiger partial charge in [0.15, 0.2) is 5.58 Å². The van der Waals surface area contributed by atoms with Gasteiger partial charge in [0.1, 0.15) is 11.5 Å². The minimum absolute atomic E-state index is 0.218. The maximum absolute atomic E-state index is 14.6. The molecule has 1 aromatic heterocycles. The number of halogens is 1. The van der Waals surface area contributed by atoms with Gasteiger partial charge in [0, 0.05) is 12.0 Å². The minimum Gasteiger partial charge on any atom is -0.356 e. The highest BCUT2D eigenvalue weighted by molar-refractivity contribution is 8.17. The van der Waals surface area contributed by atoms with E-state index >= 15 is 0 Å². The van der Waals surface area contributed by atoms with Crippen molar-refractivity contribution in [1.29, 1.82) is 0 Å². The number of likely N-dealkylation sites (tertiary alicyclic amines) is 1. The summed E-state index contributed by atoms with van der Waals surface area (Å²) in [6, 6.07) is 12.1. The molecule has 5 rings (SSSR count). The van der Waals surface area contributed by atoms with E-state index < -0.39 is 0 Å². The summed E-state index contributed by atoms with van der Waals surface area (Å²) in [5.41, 5.74) is 4.80. The fraction of sp³-hybridized carbons (Fsp3) is 0.536. The molecule has 2 fully saturated rings. The quantitative estimate of drug-likeness (QED) is 0.327. The number of hydrogen-bond acceptors (Lipinski definition) is 5. The first kappa shape index (κ1) is 24.2. The molecule has 2 saturated heterocycles. The summed E-state index contributed by atoms with van der Waals surface area (Å²) in [4.78, 5) is 2.56. The summed E-state index contributed by atoms with van der Waals surface area (Å²) < 4.78 is 21.0. The fourth-order valence-electron chi connectivity index (χ4n) is 5.43. The lowest BCUT2D eigenvalue weighted by Crippen LogP contribution is -2.34. The van der Waals surface area contributed by atoms with Crippen molar-refractivity contribution in [2.75, 3.05) is 24.6 Å². The Morgan fingerprint density at radius 1 is 1.06 bits per heavy atom. The second-order valence-corrected chi connectivity index (χ2v) is 12.5. The molecule has 2 aliphatic rings. The number of benzene rings is 2. The number of rotatable bonds is 7. The van der Waals surface area contributed by atoms with Gasteiger partial charge in [-0.3, -0.25) is 4.90 Å². The van der Waals surface area contributed by atoms with Crippen LogP contribution in [-0.4, -0.2) is 39.2 Å². The standard InChI is InChI=1S/C28H35FN2OS2/c1-3-8-24(31-13-5-4-6-14-31)27-26-23(17-22(29)18-25(26)32-30-27)21-11-9-20(10-12-21)19(2)28-33-15-7-16-34-28/h9-12,17-19,24,28H,3-8,13-16H2,1-2H3. The van der Waals surface area contributed by atoms with Crippen molar-refractivity contribution in [3.63, 3.8) is 0 Å². The van der Waals surface area contributed by atoms with Crippen molar-refractivity contribution >= 4 is 34.5 Å². The molecule has 2 atom stereocenters. The van der Waals surface area contributed by atoms with Crippen molar-refractivity contribution in [2.45, 2.75) is 68.9 Å². The molecule has 0 spiro atoms. The molecule has 6 heteroatoms. The molecule has 34 heavy (non-hydrogen) atoms. The third-order valence-electron chi connectivity index (χ3n) is 7.28. The van der Waals surface area contributed by atoms with Crippen LogP contribution in [-0.2, 0) is 0 Å². The first-order valence-corrected chi connectivity index (χ1v) is 14.9. The summed E-state index contributed by atoms with van der Waals surface area (Å²) in [5, 5.41) is 5.51. The van der Waals surface area contributed by atoms with E-state index in [2.05, 4.69) is 71.7 Å². The van der Waals surface area contributed by atoms with Crippen LogP contribution in [0.15, 0.2) is 40.9 Å². The molecule has 0 amide bonds. The van der Waals surface area contributed by atoms with E-state index in [0.29, 0.717) is 16.1 Å². The van der Waals surface area contributed by atoms with Crippen LogP contribution in [0, 0.1) is 5.82 Å². The van der Waals surface area contributed by atoms with Gasteiger partial charge in [-0.25, -0.2) is 4.39 Å². The van der Waals surface area contributed by atoms with Crippen molar-refractivity contribution < 1.29 is 8.91 Å². The molecule has 0 N–H and O–H groups in total. The van der Waals surface area contributed by atoms with E-state index in [1.807, 2.05) is 0 Å². The number of aromatic nitrogens is 1. The summed E-state index contributed by atoms with van der Waals surface area (Å²) >= 11 is 4.17. The predicted octanol–water partition coefficient (Wildman–Crippen LogP) is 8.26. The lowest BCUT2D eigenvalue weighted by molar-refractivity contribution is 0.149. The van der Waals surface area contributed by atoms with E-state index in [4.69, 9.17) is 4.52 Å². The Hall–Kier alpha value is -1.50. The van der Waals surface area contributed by atoms with Crippen LogP contribution < -0.4 is 0 Å². The van der Waals surface area contributed by atoms with E-state index in [-0.39, 0.29) is 11.9 Å². The number of fused-ring (bicyclic) bond motifs is 1. The van der Waals surface area contributed by atoms with Crippen LogP contribution in [0.3, 0.4) is 0 Å². The van der Waals surface area contributed by atoms with Crippen LogP contribution in [0.1, 0.15) is 75.6 Å². The van der Waals surface area contributed by atoms with Crippen LogP contribution in [0.25, 0.3) is 22.1 Å². The van der Waals surface area contributed by atoms with Gasteiger partial charge in [0.25, 0.3) is 0 Å². The number of hydrogen-bond donors (Lipinski definition) is 0. The molecular formula is C28H35FN2OS2. The molecular weight excluding hydrogens is 463 g/mol. The van der Waals surface area contributed by atoms with Gasteiger partial charge in [-0.05, 0) is 73.0 Å². The Labute approximate surface area is 211 Å². The van der Waals surface area contributed by atoms with Crippen LogP contribution in [0.2, 0.25) is 0 Å². The second kappa shape index (κ2) is 11.0. The summed E-state index contributed by atoms with van der Waals surface area (Å²) in [7, 11) is 0. The molecule has 3 nitrogen and oxygen atoms in total. The first-order chi connectivity index (χ1) is 16.7. The molecule has 2 aliphatic heterocycles. The summed E-state index contributed by atoms with van der Waals surface area (Å²) in [5.74, 6) is 2.74. The van der Waals surface area contributed by atoms with Crippen molar-refractivity contribution in [3.8, 4) is 11.1 Å². The monoisotopic (exact) mass is 498 g/mol. The predicted molar refractivity (Wildman–Crippen MR) is 144 cm³/mol. The number of nitrogens with zero attached hydrogens (tertiary/aromatic N) is 2. The van der Waals surface area contributed by atoms with E-state index in [1.165, 1.54) is 48.8 Å². The highest BCUT2D eigenvalue weighted by Gasteiger charge is 2.28. The van der Waals surface area contributed by atoms with Crippen molar-refractivity contribution in [2.24, 2.45) is 0 Å². The molecule has 0 bridgehead atoms. The number of piperidine rings is 1. The Bertz CT molecular complexity index is 1090. The SMILES string of the molecule is CCCC(c1noc2cc(F)cc(-c3ccc(C(C)C4SCCCS4)cc3)c12)N1CCCCC1. The lowest BCUT2D eigenvalue weighted by Gasteiger charge is -2.33. The highest BCUT2D eigenvalue weighted by Crippen LogP contribution is 2.42. The summed E-state index contributed by atoms with van der Waals surface area (Å²) in [6.07, 6.45) is 7.18. The molecule has 0 aliphatic carbocycles. The smallest absolute Gasteiger partial charge is 0.170 e. The lowest BCUT2D eigenvalue weighted by atomic mass is 9.93. The molecule has 182 valence electrons. The fourth-order valence-corrected chi connectivity index (χ4v) is 8.55. The molecule has 2 unspecified atom stereocenters. The highest BCUT2D eigenvalue weighted by atomic mass is 32.2. The zero-order valence-electron chi connectivity index (χ0n) is 20.3. The van der Waals surface area contributed by atoms with Crippen LogP contribution >= 0.6 is 23.5 Å². The van der Waals surface area contributed by atoms with Gasteiger partial charge in [-0.15, -0.1) is 23.5 Å². The molecule has 2 aromatic carbocycles. The maximum Gasteiger partial charge on any atom is 0.170 e. The Balaban J connectivity index is 1.51. The maximum atomic E-state index is 14.6. The Kier molecular flexibility index (Phi) is 7.87. The Morgan fingerprint density at radius 3 is 2.50 bits per heavy atom. The third kappa shape index (κ3) is 5.05. The van der Waals surface area contributed by atoms with Gasteiger partial charge in [0.05, 0.1) is 16.0 Å². The average Bonchev–Trinajstić information content (AvgIpc) is 3.31. The zero-order valence-corrected chi connectivity index (χ0v) is 21.9. The topological polar surface area (TPSA) is 29.3 Å². The van der Waals surface area contributed by atoms with Gasteiger partial charge >= 0.3 is 0 Å². The first-order valence-electron chi connectivity index (χ1n) is 12.8. The molecule has 0 radical (unpaired) electrons. The van der Waals surface area contributed by atoms with Gasteiger partial charge in [-0.1, -0.05) is 56.1 Å². The largest absolute Gasteiger partial charge is 0.356 e. The molecule has 0 saturated carbocycles. The van der Waals surface area contributed by atoms with Gasteiger partial charge < -0.3 is 4.52 Å². The molecule has 3 heterocycles. The zero-order chi connectivity index (χ0) is 23.5. The van der Waals surface area contributed by atoms with Crippen molar-refractivity contribution in [1.82, 2.24) is 10.1 Å². The molecule has 3 aromatic rings. The second-order valence-electron chi connectivity index (χ2n) is 9.67. The Morgan fingerprint density at radius 2 is 1.79 bits per heavy atom. The minimum atomic E-state index is -0.275. The normalized spacial score (nSPS) is 20.0. The number of thioether (sulfide) groups is 2. The van der Waals surface area contributed by atoms with Gasteiger partial charge in [-0.2, -0.15) is 0 Å². The van der Waals surface area contributed by atoms with E-state index in [9.17, 15) is 4.39 Å². The third-order valence-corrected chi connectivity index (χ3v) is 10.6. The average molecular weight is 499 g/mol. The summed E-state index contributed by atoms with van der Waals surface area (Å²) in [6.45, 7) is 6.75. The van der Waals surface area contributed by atoms with E-state index in [1.54, 1.807) is 6.07 Å². The van der Waals surface area contributed by atoms with Crippen molar-refractivity contribution in [3.05, 3.63) is 53.5 Å². The van der Waals surface area contributed by atoms with Gasteiger partial charge in [0.2, 0.25) is 0 Å². The van der Waals surface area contributed by atoms with E-state index in [0.717, 1.165) is 48.1 Å². The van der Waals surface area contributed by atoms with Crippen LogP contribution in [0.5, 0.6) is 0 Å².